The molecule has 0 radical (unpaired) electrons. The lowest BCUT2D eigenvalue weighted by molar-refractivity contribution is -0.134. The fourth-order valence-corrected chi connectivity index (χ4v) is 3.44. The minimum absolute atomic E-state index is 0.00962. The summed E-state index contributed by atoms with van der Waals surface area (Å²) in [7, 11) is 0. The maximum atomic E-state index is 12.6. The van der Waals surface area contributed by atoms with E-state index in [0.717, 1.165) is 38.0 Å². The van der Waals surface area contributed by atoms with Gasteiger partial charge in [-0.3, -0.25) is 9.59 Å². The number of aromatic nitrogens is 2. The van der Waals surface area contributed by atoms with Gasteiger partial charge in [-0.05, 0) is 50.2 Å². The molecular formula is C20H25N3O2. The van der Waals surface area contributed by atoms with Gasteiger partial charge in [0.2, 0.25) is 5.91 Å². The highest BCUT2D eigenvalue weighted by Crippen LogP contribution is 2.21. The van der Waals surface area contributed by atoms with Gasteiger partial charge in [0.05, 0.1) is 5.69 Å². The molecule has 25 heavy (non-hydrogen) atoms. The summed E-state index contributed by atoms with van der Waals surface area (Å²) in [4.78, 5) is 26.3. The van der Waals surface area contributed by atoms with Crippen LogP contribution >= 0.6 is 0 Å². The van der Waals surface area contributed by atoms with E-state index in [1.807, 2.05) is 17.9 Å². The second kappa shape index (κ2) is 8.10. The van der Waals surface area contributed by atoms with Crippen LogP contribution in [0.2, 0.25) is 0 Å². The summed E-state index contributed by atoms with van der Waals surface area (Å²) in [5, 5.41) is 4.16. The highest BCUT2D eigenvalue weighted by Gasteiger charge is 2.24. The molecule has 1 aliphatic heterocycles. The lowest BCUT2D eigenvalue weighted by Crippen LogP contribution is -2.43. The lowest BCUT2D eigenvalue weighted by atomic mass is 9.91. The van der Waals surface area contributed by atoms with Crippen molar-refractivity contribution in [1.82, 2.24) is 14.7 Å². The molecule has 5 nitrogen and oxygen atoms in total. The quantitative estimate of drug-likeness (QED) is 0.841. The number of carbonyl (C=O) groups excluding carboxylic acids is 1. The average Bonchev–Trinajstić information content (AvgIpc) is 2.64. The Morgan fingerprint density at radius 3 is 2.80 bits per heavy atom. The van der Waals surface area contributed by atoms with Gasteiger partial charge in [0.1, 0.15) is 6.54 Å². The number of hydrogen-bond acceptors (Lipinski definition) is 3. The van der Waals surface area contributed by atoms with Crippen molar-refractivity contribution in [2.24, 2.45) is 5.92 Å². The Kier molecular flexibility index (Phi) is 5.64. The van der Waals surface area contributed by atoms with Gasteiger partial charge in [-0.1, -0.05) is 30.3 Å². The minimum atomic E-state index is -0.225. The van der Waals surface area contributed by atoms with Crippen molar-refractivity contribution in [3.8, 4) is 0 Å². The van der Waals surface area contributed by atoms with Crippen LogP contribution in [0.5, 0.6) is 0 Å². The summed E-state index contributed by atoms with van der Waals surface area (Å²) in [6.07, 6.45) is 4.34. The van der Waals surface area contributed by atoms with Gasteiger partial charge in [0.25, 0.3) is 5.56 Å². The van der Waals surface area contributed by atoms with Crippen LogP contribution in [0, 0.1) is 12.8 Å². The zero-order valence-corrected chi connectivity index (χ0v) is 14.7. The maximum Gasteiger partial charge on any atom is 0.267 e. The number of nitrogens with zero attached hydrogens (tertiary/aromatic N) is 3. The highest BCUT2D eigenvalue weighted by atomic mass is 16.2. The third-order valence-corrected chi connectivity index (χ3v) is 4.84. The summed E-state index contributed by atoms with van der Waals surface area (Å²) in [5.41, 5.74) is 1.87. The van der Waals surface area contributed by atoms with Crippen molar-refractivity contribution < 1.29 is 4.79 Å². The monoisotopic (exact) mass is 339 g/mol. The summed E-state index contributed by atoms with van der Waals surface area (Å²) < 4.78 is 1.27. The Morgan fingerprint density at radius 1 is 1.20 bits per heavy atom. The molecule has 0 bridgehead atoms. The van der Waals surface area contributed by atoms with Gasteiger partial charge in [-0.2, -0.15) is 5.10 Å². The number of amides is 1. The average molecular weight is 339 g/mol. The SMILES string of the molecule is Cc1ccc(=O)n(CC(=O)N2CCCC(CCc3ccccc3)C2)n1. The van der Waals surface area contributed by atoms with E-state index in [-0.39, 0.29) is 18.0 Å². The van der Waals surface area contributed by atoms with Crippen molar-refractivity contribution in [2.75, 3.05) is 13.1 Å². The first kappa shape index (κ1) is 17.4. The number of hydrogen-bond donors (Lipinski definition) is 0. The molecule has 2 heterocycles. The first-order valence-electron chi connectivity index (χ1n) is 8.98. The predicted molar refractivity (Wildman–Crippen MR) is 97.3 cm³/mol. The number of benzene rings is 1. The van der Waals surface area contributed by atoms with E-state index in [0.29, 0.717) is 5.92 Å². The van der Waals surface area contributed by atoms with Crippen LogP contribution < -0.4 is 5.56 Å². The number of aryl methyl sites for hydroxylation is 2. The van der Waals surface area contributed by atoms with Gasteiger partial charge in [-0.25, -0.2) is 4.68 Å². The zero-order valence-electron chi connectivity index (χ0n) is 14.7. The Morgan fingerprint density at radius 2 is 2.00 bits per heavy atom. The number of likely N-dealkylation sites (tertiary alicyclic amines) is 1. The summed E-state index contributed by atoms with van der Waals surface area (Å²) in [6, 6.07) is 13.6. The fraction of sp³-hybridized carbons (Fsp3) is 0.450. The Balaban J connectivity index is 1.56. The Hall–Kier alpha value is -2.43. The van der Waals surface area contributed by atoms with E-state index in [2.05, 4.69) is 29.4 Å². The molecule has 0 spiro atoms. The molecule has 0 saturated carbocycles. The van der Waals surface area contributed by atoms with Gasteiger partial charge in [0.15, 0.2) is 0 Å². The third kappa shape index (κ3) is 4.78. The van der Waals surface area contributed by atoms with E-state index < -0.39 is 0 Å². The van der Waals surface area contributed by atoms with Crippen LogP contribution in [0.4, 0.5) is 0 Å². The summed E-state index contributed by atoms with van der Waals surface area (Å²) in [5.74, 6) is 0.518. The molecule has 1 saturated heterocycles. The fourth-order valence-electron chi connectivity index (χ4n) is 3.44. The van der Waals surface area contributed by atoms with Gasteiger partial charge in [0, 0.05) is 19.2 Å². The first-order valence-corrected chi connectivity index (χ1v) is 8.98. The molecule has 1 atom stereocenters. The van der Waals surface area contributed by atoms with Crippen LogP contribution in [0.15, 0.2) is 47.3 Å². The molecule has 0 aliphatic carbocycles. The second-order valence-electron chi connectivity index (χ2n) is 6.84. The summed E-state index contributed by atoms with van der Waals surface area (Å²) in [6.45, 7) is 3.42. The van der Waals surface area contributed by atoms with Crippen molar-refractivity contribution in [1.29, 1.82) is 0 Å². The molecule has 1 aromatic carbocycles. The van der Waals surface area contributed by atoms with E-state index >= 15 is 0 Å². The zero-order chi connectivity index (χ0) is 17.6. The molecule has 1 amide bonds. The third-order valence-electron chi connectivity index (χ3n) is 4.84. The van der Waals surface area contributed by atoms with Crippen molar-refractivity contribution in [3.63, 3.8) is 0 Å². The van der Waals surface area contributed by atoms with Crippen molar-refractivity contribution in [3.05, 3.63) is 64.1 Å². The normalized spacial score (nSPS) is 17.5. The molecule has 1 unspecified atom stereocenters. The first-order chi connectivity index (χ1) is 12.1. The predicted octanol–water partition coefficient (Wildman–Crippen LogP) is 2.42. The highest BCUT2D eigenvalue weighted by molar-refractivity contribution is 5.76. The topological polar surface area (TPSA) is 55.2 Å². The van der Waals surface area contributed by atoms with Crippen LogP contribution in [0.25, 0.3) is 0 Å². The second-order valence-corrected chi connectivity index (χ2v) is 6.84. The molecule has 132 valence electrons. The van der Waals surface area contributed by atoms with E-state index in [9.17, 15) is 9.59 Å². The standard InChI is InChI=1S/C20H25N3O2/c1-16-9-12-19(24)23(21-16)15-20(25)22-13-5-8-18(14-22)11-10-17-6-3-2-4-7-17/h2-4,6-7,9,12,18H,5,8,10-11,13-15H2,1H3. The molecule has 2 aromatic rings. The molecule has 5 heteroatoms. The minimum Gasteiger partial charge on any atom is -0.341 e. The molecule has 3 rings (SSSR count). The van der Waals surface area contributed by atoms with Gasteiger partial charge in [-0.15, -0.1) is 0 Å². The Bertz CT molecular complexity index is 770. The van der Waals surface area contributed by atoms with Crippen molar-refractivity contribution >= 4 is 5.91 Å². The van der Waals surface area contributed by atoms with Crippen LogP contribution in [0.1, 0.15) is 30.5 Å². The number of rotatable bonds is 5. The largest absolute Gasteiger partial charge is 0.341 e. The number of carbonyl (C=O) groups is 1. The van der Waals surface area contributed by atoms with E-state index in [4.69, 9.17) is 0 Å². The summed E-state index contributed by atoms with van der Waals surface area (Å²) >= 11 is 0. The Labute approximate surface area is 148 Å². The molecule has 0 N–H and O–H groups in total. The van der Waals surface area contributed by atoms with E-state index in [1.54, 1.807) is 6.07 Å². The maximum absolute atomic E-state index is 12.6. The molecule has 1 aliphatic rings. The molecular weight excluding hydrogens is 314 g/mol. The van der Waals surface area contributed by atoms with Crippen LogP contribution in [0.3, 0.4) is 0 Å². The number of piperidine rings is 1. The molecule has 1 aromatic heterocycles. The molecule has 1 fully saturated rings. The smallest absolute Gasteiger partial charge is 0.267 e. The lowest BCUT2D eigenvalue weighted by Gasteiger charge is -2.33. The van der Waals surface area contributed by atoms with Gasteiger partial charge >= 0.3 is 0 Å². The van der Waals surface area contributed by atoms with Crippen molar-refractivity contribution in [2.45, 2.75) is 39.2 Å². The van der Waals surface area contributed by atoms with Gasteiger partial charge < -0.3 is 4.90 Å². The van der Waals surface area contributed by atoms with Crippen LogP contribution in [-0.2, 0) is 17.8 Å². The van der Waals surface area contributed by atoms with Crippen LogP contribution in [-0.4, -0.2) is 33.7 Å². The van der Waals surface area contributed by atoms with E-state index in [1.165, 1.54) is 22.7 Å².